The van der Waals surface area contributed by atoms with E-state index in [4.69, 9.17) is 10.2 Å². The zero-order valence-corrected chi connectivity index (χ0v) is 15.7. The van der Waals surface area contributed by atoms with Crippen LogP contribution in [0.4, 0.5) is 0 Å². The molecule has 0 saturated carbocycles. The topological polar surface area (TPSA) is 59.5 Å². The average molecular weight is 351 g/mol. The van der Waals surface area contributed by atoms with E-state index in [1.54, 1.807) is 18.0 Å². The zero-order chi connectivity index (χ0) is 17.0. The van der Waals surface area contributed by atoms with Crippen LogP contribution >= 0.6 is 12.4 Å². The van der Waals surface area contributed by atoms with Gasteiger partial charge in [0.05, 0.1) is 0 Å². The van der Waals surface area contributed by atoms with E-state index in [2.05, 4.69) is 19.1 Å². The third-order valence-corrected chi connectivity index (χ3v) is 4.03. The molecule has 0 aliphatic rings. The van der Waals surface area contributed by atoms with Gasteiger partial charge >= 0.3 is 0 Å². The number of hydrogen-bond acceptors (Lipinski definition) is 3. The first-order valence-corrected chi connectivity index (χ1v) is 8.01. The van der Waals surface area contributed by atoms with Crippen LogP contribution in [-0.2, 0) is 6.42 Å². The molecule has 0 aliphatic heterocycles. The highest BCUT2D eigenvalue weighted by atomic mass is 35.5. The van der Waals surface area contributed by atoms with Gasteiger partial charge < -0.3 is 15.1 Å². The van der Waals surface area contributed by atoms with E-state index in [0.717, 1.165) is 12.0 Å². The molecule has 132 valence electrons. The predicted octanol–water partition coefficient (Wildman–Crippen LogP) is 3.99. The number of amides is 1. The third kappa shape index (κ3) is 4.86. The molecule has 0 fully saturated rings. The maximum Gasteiger partial charge on any atom is 0.289 e. The van der Waals surface area contributed by atoms with E-state index in [1.165, 1.54) is 5.56 Å². The molecule has 0 radical (unpaired) electrons. The second-order valence-corrected chi connectivity index (χ2v) is 6.74. The zero-order valence-electron chi connectivity index (χ0n) is 14.8. The summed E-state index contributed by atoms with van der Waals surface area (Å²) in [6.45, 7) is 7.32. The van der Waals surface area contributed by atoms with Crippen LogP contribution < -0.4 is 5.73 Å². The van der Waals surface area contributed by atoms with Crippen LogP contribution in [0.5, 0.6) is 0 Å². The van der Waals surface area contributed by atoms with Gasteiger partial charge in [-0.1, -0.05) is 45.0 Å². The summed E-state index contributed by atoms with van der Waals surface area (Å²) < 4.78 is 5.75. The van der Waals surface area contributed by atoms with Crippen molar-refractivity contribution in [2.75, 3.05) is 20.1 Å². The molecule has 5 heteroatoms. The Kier molecular flexibility index (Phi) is 7.06. The van der Waals surface area contributed by atoms with E-state index < -0.39 is 0 Å². The van der Waals surface area contributed by atoms with Crippen LogP contribution in [0, 0.1) is 5.41 Å². The summed E-state index contributed by atoms with van der Waals surface area (Å²) in [6.07, 6.45) is 1.00. The fraction of sp³-hybridized carbons (Fsp3) is 0.421. The van der Waals surface area contributed by atoms with Crippen LogP contribution in [0.1, 0.15) is 36.9 Å². The van der Waals surface area contributed by atoms with Gasteiger partial charge in [-0.2, -0.15) is 0 Å². The smallest absolute Gasteiger partial charge is 0.289 e. The molecule has 0 aliphatic carbocycles. The van der Waals surface area contributed by atoms with E-state index in [-0.39, 0.29) is 23.7 Å². The van der Waals surface area contributed by atoms with Crippen molar-refractivity contribution in [3.63, 3.8) is 0 Å². The molecule has 2 aromatic rings. The van der Waals surface area contributed by atoms with E-state index in [9.17, 15) is 4.79 Å². The van der Waals surface area contributed by atoms with E-state index in [0.29, 0.717) is 24.6 Å². The summed E-state index contributed by atoms with van der Waals surface area (Å²) in [5.41, 5.74) is 7.88. The molecular formula is C19H27ClN2O2. The van der Waals surface area contributed by atoms with Gasteiger partial charge in [0, 0.05) is 19.2 Å². The fourth-order valence-electron chi connectivity index (χ4n) is 2.48. The number of rotatable bonds is 6. The van der Waals surface area contributed by atoms with Crippen LogP contribution in [0.25, 0.3) is 11.3 Å². The third-order valence-electron chi connectivity index (χ3n) is 4.03. The molecular weight excluding hydrogens is 324 g/mol. The fourth-order valence-corrected chi connectivity index (χ4v) is 2.48. The van der Waals surface area contributed by atoms with Gasteiger partial charge in [0.2, 0.25) is 0 Å². The van der Waals surface area contributed by atoms with Gasteiger partial charge in [-0.05, 0) is 36.1 Å². The van der Waals surface area contributed by atoms with E-state index >= 15 is 0 Å². The monoisotopic (exact) mass is 350 g/mol. The molecule has 1 aromatic carbocycles. The number of hydrogen-bond donors (Lipinski definition) is 1. The first-order chi connectivity index (χ1) is 10.9. The number of benzene rings is 1. The molecule has 0 saturated heterocycles. The quantitative estimate of drug-likeness (QED) is 0.856. The Morgan fingerprint density at radius 1 is 1.17 bits per heavy atom. The van der Waals surface area contributed by atoms with Gasteiger partial charge in [-0.3, -0.25) is 4.79 Å². The SMILES string of the molecule is CCc1ccc(-c2ccc(C(=O)N(C)CC(C)(C)CN)o2)cc1.Cl. The number of aryl methyl sites for hydroxylation is 1. The number of furan rings is 1. The maximum absolute atomic E-state index is 12.5. The molecule has 0 unspecified atom stereocenters. The Bertz CT molecular complexity index is 662. The summed E-state index contributed by atoms with van der Waals surface area (Å²) in [5, 5.41) is 0. The van der Waals surface area contributed by atoms with Crippen molar-refractivity contribution >= 4 is 18.3 Å². The molecule has 0 atom stereocenters. The first-order valence-electron chi connectivity index (χ1n) is 8.01. The van der Waals surface area contributed by atoms with Crippen LogP contribution in [0.15, 0.2) is 40.8 Å². The van der Waals surface area contributed by atoms with Gasteiger partial charge in [-0.15, -0.1) is 12.4 Å². The van der Waals surface area contributed by atoms with Crippen LogP contribution in [0.2, 0.25) is 0 Å². The summed E-state index contributed by atoms with van der Waals surface area (Å²) in [6, 6.07) is 11.8. The lowest BCUT2D eigenvalue weighted by Crippen LogP contribution is -2.39. The van der Waals surface area contributed by atoms with Crippen molar-refractivity contribution in [3.8, 4) is 11.3 Å². The number of nitrogens with zero attached hydrogens (tertiary/aromatic N) is 1. The Labute approximate surface area is 150 Å². The summed E-state index contributed by atoms with van der Waals surface area (Å²) in [5.74, 6) is 0.945. The molecule has 24 heavy (non-hydrogen) atoms. The van der Waals surface area contributed by atoms with Crippen molar-refractivity contribution in [2.24, 2.45) is 11.1 Å². The minimum atomic E-state index is -0.122. The molecule has 0 bridgehead atoms. The van der Waals surface area contributed by atoms with E-state index in [1.807, 2.05) is 32.0 Å². The molecule has 1 amide bonds. The normalized spacial score (nSPS) is 11.0. The van der Waals surface area contributed by atoms with Gasteiger partial charge in [0.25, 0.3) is 5.91 Å². The van der Waals surface area contributed by atoms with Crippen LogP contribution in [-0.4, -0.2) is 30.9 Å². The lowest BCUT2D eigenvalue weighted by atomic mass is 9.93. The largest absolute Gasteiger partial charge is 0.451 e. The lowest BCUT2D eigenvalue weighted by Gasteiger charge is -2.28. The lowest BCUT2D eigenvalue weighted by molar-refractivity contribution is 0.0710. The standard InChI is InChI=1S/C19H26N2O2.ClH/c1-5-14-6-8-15(9-7-14)16-10-11-17(23-16)18(22)21(4)13-19(2,3)12-20;/h6-11H,5,12-13,20H2,1-4H3;1H. The second kappa shape index (κ2) is 8.36. The highest BCUT2D eigenvalue weighted by Crippen LogP contribution is 2.24. The van der Waals surface area contributed by atoms with Gasteiger partial charge in [0.1, 0.15) is 5.76 Å². The maximum atomic E-state index is 12.5. The van der Waals surface area contributed by atoms with Gasteiger partial charge in [0.15, 0.2) is 5.76 Å². The summed E-state index contributed by atoms with van der Waals surface area (Å²) >= 11 is 0. The Hall–Kier alpha value is -1.78. The molecule has 1 heterocycles. The average Bonchev–Trinajstić information content (AvgIpc) is 3.03. The Balaban J connectivity index is 0.00000288. The number of carbonyl (C=O) groups is 1. The minimum Gasteiger partial charge on any atom is -0.451 e. The van der Waals surface area contributed by atoms with Crippen LogP contribution in [0.3, 0.4) is 0 Å². The molecule has 0 spiro atoms. The highest BCUT2D eigenvalue weighted by molar-refractivity contribution is 5.92. The molecule has 4 nitrogen and oxygen atoms in total. The van der Waals surface area contributed by atoms with Crippen molar-refractivity contribution < 1.29 is 9.21 Å². The summed E-state index contributed by atoms with van der Waals surface area (Å²) in [4.78, 5) is 14.1. The number of halogens is 1. The Morgan fingerprint density at radius 3 is 2.33 bits per heavy atom. The van der Waals surface area contributed by atoms with Crippen molar-refractivity contribution in [3.05, 3.63) is 47.7 Å². The predicted molar refractivity (Wildman–Crippen MR) is 101 cm³/mol. The highest BCUT2D eigenvalue weighted by Gasteiger charge is 2.23. The molecule has 2 N–H and O–H groups in total. The molecule has 1 aromatic heterocycles. The Morgan fingerprint density at radius 2 is 1.79 bits per heavy atom. The van der Waals surface area contributed by atoms with Crippen molar-refractivity contribution in [1.82, 2.24) is 4.90 Å². The molecule has 2 rings (SSSR count). The van der Waals surface area contributed by atoms with Crippen molar-refractivity contribution in [2.45, 2.75) is 27.2 Å². The summed E-state index contributed by atoms with van der Waals surface area (Å²) in [7, 11) is 1.78. The minimum absolute atomic E-state index is 0. The second-order valence-electron chi connectivity index (χ2n) is 6.74. The number of nitrogens with two attached hydrogens (primary N) is 1. The first kappa shape index (κ1) is 20.3. The van der Waals surface area contributed by atoms with Crippen molar-refractivity contribution in [1.29, 1.82) is 0 Å². The number of carbonyl (C=O) groups excluding carboxylic acids is 1. The van der Waals surface area contributed by atoms with Gasteiger partial charge in [-0.25, -0.2) is 0 Å².